The SMILES string of the molecule is CN1C(=O)[C@@H]2[C@@H](CC(COc3ccccc3)=C3[C@@H](CCc4ccccc4)OB(O)C[C@@H]32)C1=O. The normalized spacial score (nSPS) is 27.0. The van der Waals surface area contributed by atoms with Gasteiger partial charge >= 0.3 is 7.12 Å². The smallest absolute Gasteiger partial charge is 0.455 e. The van der Waals surface area contributed by atoms with Gasteiger partial charge in [-0.2, -0.15) is 0 Å². The summed E-state index contributed by atoms with van der Waals surface area (Å²) in [6, 6.07) is 19.8. The number of aryl methyl sites for hydroxylation is 1. The minimum Gasteiger partial charge on any atom is -0.489 e. The summed E-state index contributed by atoms with van der Waals surface area (Å²) in [5, 5.41) is 10.6. The van der Waals surface area contributed by atoms with Gasteiger partial charge in [0.2, 0.25) is 11.8 Å². The lowest BCUT2D eigenvalue weighted by atomic mass is 9.58. The predicted molar refractivity (Wildman–Crippen MR) is 124 cm³/mol. The van der Waals surface area contributed by atoms with Crippen molar-refractivity contribution in [3.05, 3.63) is 77.4 Å². The fraction of sp³-hybridized carbons (Fsp3) is 0.385. The number of rotatable bonds is 6. The first kappa shape index (κ1) is 21.9. The second-order valence-electron chi connectivity index (χ2n) is 9.18. The Balaban J connectivity index is 1.48. The highest BCUT2D eigenvalue weighted by molar-refractivity contribution is 6.43. The molecule has 1 aliphatic carbocycles. The summed E-state index contributed by atoms with van der Waals surface area (Å²) in [5.74, 6) is -0.576. The van der Waals surface area contributed by atoms with Crippen molar-refractivity contribution in [3.63, 3.8) is 0 Å². The Kier molecular flexibility index (Phi) is 6.08. The van der Waals surface area contributed by atoms with Crippen LogP contribution in [0.1, 0.15) is 18.4 Å². The quantitative estimate of drug-likeness (QED) is 0.420. The van der Waals surface area contributed by atoms with E-state index in [0.717, 1.165) is 23.3 Å². The van der Waals surface area contributed by atoms with Gasteiger partial charge in [0.1, 0.15) is 12.4 Å². The molecule has 2 aliphatic heterocycles. The molecule has 2 heterocycles. The Bertz CT molecular complexity index is 1060. The van der Waals surface area contributed by atoms with Gasteiger partial charge in [0.15, 0.2) is 0 Å². The zero-order valence-corrected chi connectivity index (χ0v) is 18.7. The molecule has 0 saturated carbocycles. The maximum Gasteiger partial charge on any atom is 0.455 e. The van der Waals surface area contributed by atoms with Gasteiger partial charge in [-0.05, 0) is 60.3 Å². The molecule has 4 atom stereocenters. The highest BCUT2D eigenvalue weighted by Gasteiger charge is 2.56. The zero-order valence-electron chi connectivity index (χ0n) is 18.7. The van der Waals surface area contributed by atoms with E-state index in [-0.39, 0.29) is 23.8 Å². The molecule has 2 saturated heterocycles. The fourth-order valence-electron chi connectivity index (χ4n) is 5.68. The van der Waals surface area contributed by atoms with Crippen LogP contribution in [0.15, 0.2) is 71.8 Å². The summed E-state index contributed by atoms with van der Waals surface area (Å²) >= 11 is 0. The Morgan fingerprint density at radius 1 is 1.03 bits per heavy atom. The largest absolute Gasteiger partial charge is 0.489 e. The summed E-state index contributed by atoms with van der Waals surface area (Å²) < 4.78 is 12.1. The molecule has 0 aromatic heterocycles. The number of fused-ring (bicyclic) bond motifs is 3. The van der Waals surface area contributed by atoms with Crippen molar-refractivity contribution in [2.24, 2.45) is 17.8 Å². The van der Waals surface area contributed by atoms with E-state index < -0.39 is 19.0 Å². The van der Waals surface area contributed by atoms with Crippen LogP contribution in [0.2, 0.25) is 6.32 Å². The van der Waals surface area contributed by atoms with E-state index in [1.54, 1.807) is 7.05 Å². The molecule has 2 aromatic rings. The molecule has 2 fully saturated rings. The number of imide groups is 1. The fourth-order valence-corrected chi connectivity index (χ4v) is 5.68. The molecule has 2 aromatic carbocycles. The van der Waals surface area contributed by atoms with Crippen molar-refractivity contribution < 1.29 is 24.0 Å². The van der Waals surface area contributed by atoms with Gasteiger partial charge in [-0.1, -0.05) is 48.5 Å². The molecule has 33 heavy (non-hydrogen) atoms. The van der Waals surface area contributed by atoms with Crippen molar-refractivity contribution in [1.82, 2.24) is 4.90 Å². The first-order valence-electron chi connectivity index (χ1n) is 11.6. The number of likely N-dealkylation sites (tertiary alicyclic amines) is 1. The van der Waals surface area contributed by atoms with Crippen LogP contribution in [-0.2, 0) is 20.7 Å². The lowest BCUT2D eigenvalue weighted by molar-refractivity contribution is -0.138. The number of para-hydroxylation sites is 1. The minimum absolute atomic E-state index is 0.136. The van der Waals surface area contributed by atoms with Gasteiger partial charge in [-0.25, -0.2) is 0 Å². The standard InChI is InChI=1S/C26H28BNO5/c1-28-25(29)20-14-18(16-32-19-10-6-3-7-11-19)23-21(24(20)26(28)30)15-27(31)33-22(23)13-12-17-8-4-2-5-9-17/h2-11,20-22,24,31H,12-16H2,1H3/t20-,21+,22-,24-/m1/s1. The maximum absolute atomic E-state index is 13.0. The molecule has 170 valence electrons. The van der Waals surface area contributed by atoms with Crippen molar-refractivity contribution in [2.75, 3.05) is 13.7 Å². The molecule has 0 bridgehead atoms. The average molecular weight is 445 g/mol. The summed E-state index contributed by atoms with van der Waals surface area (Å²) in [6.45, 7) is 0.339. The first-order valence-corrected chi connectivity index (χ1v) is 11.6. The molecule has 0 radical (unpaired) electrons. The van der Waals surface area contributed by atoms with E-state index in [0.29, 0.717) is 25.8 Å². The van der Waals surface area contributed by atoms with Crippen molar-refractivity contribution in [3.8, 4) is 5.75 Å². The number of carbonyl (C=O) groups excluding carboxylic acids is 2. The molecule has 0 unspecified atom stereocenters. The monoisotopic (exact) mass is 445 g/mol. The van der Waals surface area contributed by atoms with E-state index >= 15 is 0 Å². The Labute approximate surface area is 194 Å². The van der Waals surface area contributed by atoms with Crippen LogP contribution in [0, 0.1) is 17.8 Å². The summed E-state index contributed by atoms with van der Waals surface area (Å²) in [5.41, 5.74) is 3.26. The third-order valence-corrected chi connectivity index (χ3v) is 7.22. The molecule has 0 spiro atoms. The van der Waals surface area contributed by atoms with E-state index in [9.17, 15) is 14.6 Å². The van der Waals surface area contributed by atoms with E-state index in [1.807, 2.05) is 48.5 Å². The number of carbonyl (C=O) groups is 2. The topological polar surface area (TPSA) is 76.1 Å². The summed E-state index contributed by atoms with van der Waals surface area (Å²) in [4.78, 5) is 27.1. The molecule has 1 N–H and O–H groups in total. The van der Waals surface area contributed by atoms with Crippen LogP contribution in [0.4, 0.5) is 0 Å². The lowest BCUT2D eigenvalue weighted by Gasteiger charge is -2.43. The minimum atomic E-state index is -0.955. The van der Waals surface area contributed by atoms with Crippen molar-refractivity contribution >= 4 is 18.9 Å². The van der Waals surface area contributed by atoms with Crippen LogP contribution in [0.25, 0.3) is 0 Å². The number of ether oxygens (including phenoxy) is 1. The second kappa shape index (κ2) is 9.16. The molecule has 5 rings (SSSR count). The zero-order chi connectivity index (χ0) is 22.9. The number of nitrogens with zero attached hydrogens (tertiary/aromatic N) is 1. The maximum atomic E-state index is 13.0. The molecular weight excluding hydrogens is 417 g/mol. The number of hydrogen-bond acceptors (Lipinski definition) is 5. The van der Waals surface area contributed by atoms with Gasteiger partial charge < -0.3 is 14.4 Å². The van der Waals surface area contributed by atoms with Gasteiger partial charge in [0.05, 0.1) is 17.9 Å². The Morgan fingerprint density at radius 3 is 2.45 bits per heavy atom. The highest BCUT2D eigenvalue weighted by atomic mass is 16.5. The van der Waals surface area contributed by atoms with Gasteiger partial charge in [0.25, 0.3) is 0 Å². The molecule has 2 amide bonds. The summed E-state index contributed by atoms with van der Waals surface area (Å²) in [6.07, 6.45) is 1.97. The second-order valence-corrected chi connectivity index (χ2v) is 9.18. The number of amides is 2. The van der Waals surface area contributed by atoms with E-state index in [1.165, 1.54) is 10.5 Å². The van der Waals surface area contributed by atoms with Gasteiger partial charge in [-0.15, -0.1) is 0 Å². The van der Waals surface area contributed by atoms with Crippen LogP contribution in [0.5, 0.6) is 5.75 Å². The number of hydrogen-bond donors (Lipinski definition) is 1. The average Bonchev–Trinajstić information content (AvgIpc) is 3.06. The van der Waals surface area contributed by atoms with Crippen LogP contribution in [0.3, 0.4) is 0 Å². The van der Waals surface area contributed by atoms with Crippen molar-refractivity contribution in [1.29, 1.82) is 0 Å². The lowest BCUT2D eigenvalue weighted by Crippen LogP contribution is -2.46. The van der Waals surface area contributed by atoms with Gasteiger partial charge in [0, 0.05) is 7.05 Å². The molecular formula is C26H28BNO5. The molecule has 6 nitrogen and oxygen atoms in total. The summed E-state index contributed by atoms with van der Waals surface area (Å²) in [7, 11) is 0.606. The number of benzene rings is 2. The third kappa shape index (κ3) is 4.23. The van der Waals surface area contributed by atoms with E-state index in [4.69, 9.17) is 9.39 Å². The predicted octanol–water partition coefficient (Wildman–Crippen LogP) is 3.13. The molecule has 3 aliphatic rings. The van der Waals surface area contributed by atoms with Crippen LogP contribution in [-0.4, -0.2) is 48.6 Å². The highest BCUT2D eigenvalue weighted by Crippen LogP contribution is 2.50. The van der Waals surface area contributed by atoms with Gasteiger partial charge in [-0.3, -0.25) is 14.5 Å². The van der Waals surface area contributed by atoms with Crippen molar-refractivity contribution in [2.45, 2.75) is 31.7 Å². The Morgan fingerprint density at radius 2 is 1.73 bits per heavy atom. The van der Waals surface area contributed by atoms with E-state index in [2.05, 4.69) is 12.1 Å². The van der Waals surface area contributed by atoms with Crippen LogP contribution >= 0.6 is 0 Å². The third-order valence-electron chi connectivity index (χ3n) is 7.22. The first-order chi connectivity index (χ1) is 16.0. The Hall–Kier alpha value is -2.90. The molecule has 7 heteroatoms. The van der Waals surface area contributed by atoms with Crippen LogP contribution < -0.4 is 4.74 Å².